The van der Waals surface area contributed by atoms with Crippen molar-refractivity contribution in [3.63, 3.8) is 0 Å². The summed E-state index contributed by atoms with van der Waals surface area (Å²) in [6.07, 6.45) is 0.368. The molecule has 1 aromatic carbocycles. The number of amides is 1. The van der Waals surface area contributed by atoms with Crippen molar-refractivity contribution in [2.45, 2.75) is 19.4 Å². The topological polar surface area (TPSA) is 57.2 Å². The minimum atomic E-state index is -0.347. The molecule has 0 fully saturated rings. The predicted octanol–water partition coefficient (Wildman–Crippen LogP) is 2.06. The highest BCUT2D eigenvalue weighted by atomic mass is 16.7. The molecule has 1 amide bonds. The Labute approximate surface area is 124 Å². The average Bonchev–Trinajstić information content (AvgIpc) is 2.94. The molecule has 116 valence electrons. The molecule has 0 aliphatic carbocycles. The lowest BCUT2D eigenvalue weighted by atomic mass is 10.1. The van der Waals surface area contributed by atoms with Gasteiger partial charge in [0.15, 0.2) is 11.5 Å². The van der Waals surface area contributed by atoms with Gasteiger partial charge in [0, 0.05) is 20.2 Å². The largest absolute Gasteiger partial charge is 0.454 e. The van der Waals surface area contributed by atoms with Crippen LogP contribution in [-0.2, 0) is 15.9 Å². The summed E-state index contributed by atoms with van der Waals surface area (Å²) in [6, 6.07) is 5.83. The second-order valence-corrected chi connectivity index (χ2v) is 4.96. The first-order chi connectivity index (χ1) is 10.1. The molecule has 0 saturated carbocycles. The number of carbonyl (C=O) groups excluding carboxylic acids is 1. The van der Waals surface area contributed by atoms with E-state index in [4.69, 9.17) is 18.9 Å². The molecular weight excluding hydrogens is 274 g/mol. The van der Waals surface area contributed by atoms with Crippen LogP contribution in [0.2, 0.25) is 0 Å². The van der Waals surface area contributed by atoms with Crippen LogP contribution in [0.5, 0.6) is 11.5 Å². The smallest absolute Gasteiger partial charge is 0.409 e. The van der Waals surface area contributed by atoms with Gasteiger partial charge >= 0.3 is 6.09 Å². The van der Waals surface area contributed by atoms with Gasteiger partial charge in [0.25, 0.3) is 0 Å². The van der Waals surface area contributed by atoms with E-state index in [9.17, 15) is 4.79 Å². The lowest BCUT2D eigenvalue weighted by Crippen LogP contribution is -2.37. The summed E-state index contributed by atoms with van der Waals surface area (Å²) in [7, 11) is 3.30. The van der Waals surface area contributed by atoms with Crippen molar-refractivity contribution in [2.24, 2.45) is 0 Å². The van der Waals surface area contributed by atoms with E-state index in [1.54, 1.807) is 19.1 Å². The Morgan fingerprint density at radius 3 is 2.86 bits per heavy atom. The number of fused-ring (bicyclic) bond motifs is 1. The fourth-order valence-electron chi connectivity index (χ4n) is 2.04. The summed E-state index contributed by atoms with van der Waals surface area (Å²) >= 11 is 0. The maximum atomic E-state index is 11.8. The van der Waals surface area contributed by atoms with Crippen molar-refractivity contribution in [3.8, 4) is 11.5 Å². The summed E-state index contributed by atoms with van der Waals surface area (Å²) in [5, 5.41) is 0. The Kier molecular flexibility index (Phi) is 5.27. The lowest BCUT2D eigenvalue weighted by molar-refractivity contribution is 0.0700. The van der Waals surface area contributed by atoms with Crippen LogP contribution in [0.25, 0.3) is 0 Å². The van der Waals surface area contributed by atoms with Crippen LogP contribution >= 0.6 is 0 Å². The molecule has 1 atom stereocenters. The molecule has 2 rings (SSSR count). The van der Waals surface area contributed by atoms with E-state index in [0.29, 0.717) is 13.0 Å². The van der Waals surface area contributed by atoms with Gasteiger partial charge < -0.3 is 23.8 Å². The molecule has 0 unspecified atom stereocenters. The third-order valence-electron chi connectivity index (χ3n) is 3.43. The molecule has 21 heavy (non-hydrogen) atoms. The highest BCUT2D eigenvalue weighted by Crippen LogP contribution is 2.32. The third-order valence-corrected chi connectivity index (χ3v) is 3.43. The molecule has 6 heteroatoms. The Morgan fingerprint density at radius 1 is 1.33 bits per heavy atom. The number of methoxy groups -OCH3 is 1. The number of hydrogen-bond acceptors (Lipinski definition) is 5. The number of ether oxygens (including phenoxy) is 4. The third kappa shape index (κ3) is 4.01. The lowest BCUT2D eigenvalue weighted by Gasteiger charge is -2.24. The molecule has 6 nitrogen and oxygen atoms in total. The first-order valence-corrected chi connectivity index (χ1v) is 6.89. The van der Waals surface area contributed by atoms with Crippen molar-refractivity contribution >= 4 is 6.09 Å². The van der Waals surface area contributed by atoms with Gasteiger partial charge in [-0.2, -0.15) is 0 Å². The van der Waals surface area contributed by atoms with Crippen LogP contribution < -0.4 is 9.47 Å². The standard InChI is InChI=1S/C15H21NO5/c1-11(16(2)15(17)19-7-6-18-3)8-12-4-5-13-14(9-12)21-10-20-13/h4-5,9,11H,6-8,10H2,1-3H3/t11-/m1/s1. The zero-order valence-corrected chi connectivity index (χ0v) is 12.6. The number of rotatable bonds is 6. The average molecular weight is 295 g/mol. The summed E-state index contributed by atoms with van der Waals surface area (Å²) in [6.45, 7) is 2.90. The molecular formula is C15H21NO5. The van der Waals surface area contributed by atoms with Gasteiger partial charge in [0.05, 0.1) is 6.61 Å². The summed E-state index contributed by atoms with van der Waals surface area (Å²) < 4.78 is 20.6. The number of hydrogen-bond donors (Lipinski definition) is 0. The summed E-state index contributed by atoms with van der Waals surface area (Å²) in [5.41, 5.74) is 1.09. The second-order valence-electron chi connectivity index (χ2n) is 4.96. The summed E-state index contributed by atoms with van der Waals surface area (Å²) in [4.78, 5) is 13.4. The molecule has 1 aromatic rings. The fraction of sp³-hybridized carbons (Fsp3) is 0.533. The predicted molar refractivity (Wildman–Crippen MR) is 76.7 cm³/mol. The van der Waals surface area contributed by atoms with Crippen LogP contribution in [0, 0.1) is 0 Å². The van der Waals surface area contributed by atoms with Gasteiger partial charge in [-0.3, -0.25) is 0 Å². The quantitative estimate of drug-likeness (QED) is 0.752. The van der Waals surface area contributed by atoms with E-state index in [-0.39, 0.29) is 25.5 Å². The van der Waals surface area contributed by atoms with Crippen LogP contribution in [0.3, 0.4) is 0 Å². The maximum Gasteiger partial charge on any atom is 0.409 e. The molecule has 0 radical (unpaired) electrons. The van der Waals surface area contributed by atoms with Crippen molar-refractivity contribution in [1.82, 2.24) is 4.90 Å². The van der Waals surface area contributed by atoms with Gasteiger partial charge in [-0.15, -0.1) is 0 Å². The zero-order chi connectivity index (χ0) is 15.2. The Bertz CT molecular complexity index is 491. The molecule has 1 aliphatic heterocycles. The Morgan fingerprint density at radius 2 is 2.10 bits per heavy atom. The fourth-order valence-corrected chi connectivity index (χ4v) is 2.04. The Balaban J connectivity index is 1.88. The molecule has 1 heterocycles. The Hall–Kier alpha value is -1.95. The number of benzene rings is 1. The van der Waals surface area contributed by atoms with E-state index in [1.165, 1.54) is 0 Å². The van der Waals surface area contributed by atoms with Crippen molar-refractivity contribution < 1.29 is 23.7 Å². The van der Waals surface area contributed by atoms with E-state index < -0.39 is 0 Å². The number of likely N-dealkylation sites (N-methyl/N-ethyl adjacent to an activating group) is 1. The van der Waals surface area contributed by atoms with Gasteiger partial charge in [-0.1, -0.05) is 6.07 Å². The van der Waals surface area contributed by atoms with Gasteiger partial charge in [-0.05, 0) is 31.0 Å². The van der Waals surface area contributed by atoms with Crippen LogP contribution in [0.1, 0.15) is 12.5 Å². The van der Waals surface area contributed by atoms with Crippen molar-refractivity contribution in [3.05, 3.63) is 23.8 Å². The molecule has 0 aromatic heterocycles. The number of carbonyl (C=O) groups is 1. The number of nitrogens with zero attached hydrogens (tertiary/aromatic N) is 1. The van der Waals surface area contributed by atoms with E-state index in [1.807, 2.05) is 25.1 Å². The minimum absolute atomic E-state index is 0.0143. The summed E-state index contributed by atoms with van der Waals surface area (Å²) in [5.74, 6) is 1.52. The normalized spacial score (nSPS) is 13.9. The van der Waals surface area contributed by atoms with E-state index in [2.05, 4.69) is 0 Å². The van der Waals surface area contributed by atoms with E-state index >= 15 is 0 Å². The first kappa shape index (κ1) is 15.4. The van der Waals surface area contributed by atoms with Crippen LogP contribution in [0.15, 0.2) is 18.2 Å². The zero-order valence-electron chi connectivity index (χ0n) is 12.6. The highest BCUT2D eigenvalue weighted by Gasteiger charge is 2.19. The highest BCUT2D eigenvalue weighted by molar-refractivity contribution is 5.67. The van der Waals surface area contributed by atoms with Gasteiger partial charge in [-0.25, -0.2) is 4.79 Å². The van der Waals surface area contributed by atoms with Crippen LogP contribution in [-0.4, -0.2) is 51.2 Å². The van der Waals surface area contributed by atoms with Gasteiger partial charge in [0.2, 0.25) is 6.79 Å². The molecule has 0 spiro atoms. The van der Waals surface area contributed by atoms with Crippen molar-refractivity contribution in [2.75, 3.05) is 34.2 Å². The second kappa shape index (κ2) is 7.17. The molecule has 0 bridgehead atoms. The van der Waals surface area contributed by atoms with Gasteiger partial charge in [0.1, 0.15) is 6.61 Å². The molecule has 1 aliphatic rings. The maximum absolute atomic E-state index is 11.8. The van der Waals surface area contributed by atoms with Crippen molar-refractivity contribution in [1.29, 1.82) is 0 Å². The SMILES string of the molecule is COCCOC(=O)N(C)[C@H](C)Cc1ccc2c(c1)OCO2. The minimum Gasteiger partial charge on any atom is -0.454 e. The molecule has 0 N–H and O–H groups in total. The van der Waals surface area contributed by atoms with Crippen LogP contribution in [0.4, 0.5) is 4.79 Å². The monoisotopic (exact) mass is 295 g/mol. The first-order valence-electron chi connectivity index (χ1n) is 6.89. The van der Waals surface area contributed by atoms with E-state index in [0.717, 1.165) is 17.1 Å². The molecule has 0 saturated heterocycles.